The summed E-state index contributed by atoms with van der Waals surface area (Å²) in [5, 5.41) is 2.54. The normalized spacial score (nSPS) is 12.2. The standard InChI is InChI=1S/C23H24N2O3S2/c1-16-4-8-20(9-5-16)25-30(27,28)22-14-10-19(11-15-22)24-23(26)18(3)29-21-12-6-17(2)7-13-21/h4-15,18,25H,1-3H3,(H,24,26)/t18-/m0/s1. The van der Waals surface area contributed by atoms with Crippen molar-refractivity contribution in [1.29, 1.82) is 0 Å². The molecule has 30 heavy (non-hydrogen) atoms. The number of carbonyl (C=O) groups excluding carboxylic acids is 1. The van der Waals surface area contributed by atoms with E-state index in [9.17, 15) is 13.2 Å². The maximum Gasteiger partial charge on any atom is 0.261 e. The summed E-state index contributed by atoms with van der Waals surface area (Å²) in [6, 6.07) is 21.2. The van der Waals surface area contributed by atoms with Gasteiger partial charge < -0.3 is 5.32 Å². The van der Waals surface area contributed by atoms with Crippen molar-refractivity contribution < 1.29 is 13.2 Å². The zero-order valence-electron chi connectivity index (χ0n) is 17.0. The van der Waals surface area contributed by atoms with Gasteiger partial charge in [0.15, 0.2) is 0 Å². The first-order valence-corrected chi connectivity index (χ1v) is 11.8. The Hall–Kier alpha value is -2.77. The molecule has 156 valence electrons. The molecule has 0 saturated heterocycles. The largest absolute Gasteiger partial charge is 0.325 e. The molecular formula is C23H24N2O3S2. The molecule has 1 amide bonds. The molecule has 7 heteroatoms. The molecule has 3 aromatic rings. The average Bonchev–Trinajstić information content (AvgIpc) is 2.71. The highest BCUT2D eigenvalue weighted by molar-refractivity contribution is 8.00. The highest BCUT2D eigenvalue weighted by Gasteiger charge is 2.17. The Bertz CT molecular complexity index is 1110. The Morgan fingerprint density at radius 2 is 1.30 bits per heavy atom. The van der Waals surface area contributed by atoms with Gasteiger partial charge in [-0.3, -0.25) is 9.52 Å². The van der Waals surface area contributed by atoms with E-state index in [0.29, 0.717) is 11.4 Å². The van der Waals surface area contributed by atoms with E-state index in [2.05, 4.69) is 10.0 Å². The van der Waals surface area contributed by atoms with Crippen LogP contribution in [-0.4, -0.2) is 19.6 Å². The van der Waals surface area contributed by atoms with E-state index in [4.69, 9.17) is 0 Å². The molecule has 1 atom stereocenters. The number of amides is 1. The summed E-state index contributed by atoms with van der Waals surface area (Å²) in [4.78, 5) is 13.6. The number of nitrogens with one attached hydrogen (secondary N) is 2. The summed E-state index contributed by atoms with van der Waals surface area (Å²) in [6.07, 6.45) is 0. The third-order valence-electron chi connectivity index (χ3n) is 4.44. The van der Waals surface area contributed by atoms with Crippen molar-refractivity contribution in [1.82, 2.24) is 0 Å². The lowest BCUT2D eigenvalue weighted by Crippen LogP contribution is -2.22. The number of thioether (sulfide) groups is 1. The zero-order valence-corrected chi connectivity index (χ0v) is 18.7. The van der Waals surface area contributed by atoms with Crippen molar-refractivity contribution in [2.45, 2.75) is 35.8 Å². The SMILES string of the molecule is Cc1ccc(NS(=O)(=O)c2ccc(NC(=O)[C@H](C)Sc3ccc(C)cc3)cc2)cc1. The number of anilines is 2. The summed E-state index contributed by atoms with van der Waals surface area (Å²) in [7, 11) is -3.70. The lowest BCUT2D eigenvalue weighted by molar-refractivity contribution is -0.115. The molecule has 0 radical (unpaired) electrons. The molecule has 0 fully saturated rings. The minimum Gasteiger partial charge on any atom is -0.325 e. The van der Waals surface area contributed by atoms with Crippen molar-refractivity contribution in [3.8, 4) is 0 Å². The fourth-order valence-corrected chi connectivity index (χ4v) is 4.60. The highest BCUT2D eigenvalue weighted by atomic mass is 32.2. The van der Waals surface area contributed by atoms with Gasteiger partial charge in [-0.05, 0) is 69.3 Å². The van der Waals surface area contributed by atoms with Gasteiger partial charge in [0.2, 0.25) is 5.91 Å². The molecule has 0 aliphatic heterocycles. The Balaban J connectivity index is 1.62. The Morgan fingerprint density at radius 1 is 0.800 bits per heavy atom. The van der Waals surface area contributed by atoms with Crippen LogP contribution in [0.15, 0.2) is 82.6 Å². The molecule has 0 bridgehead atoms. The third-order valence-corrected chi connectivity index (χ3v) is 6.95. The van der Waals surface area contributed by atoms with Gasteiger partial charge in [0.1, 0.15) is 0 Å². The minimum atomic E-state index is -3.70. The second-order valence-electron chi connectivity index (χ2n) is 7.06. The molecule has 0 aliphatic rings. The second kappa shape index (κ2) is 9.36. The number of benzene rings is 3. The quantitative estimate of drug-likeness (QED) is 0.494. The number of sulfonamides is 1. The minimum absolute atomic E-state index is 0.128. The van der Waals surface area contributed by atoms with E-state index >= 15 is 0 Å². The van der Waals surface area contributed by atoms with Crippen LogP contribution in [0.25, 0.3) is 0 Å². The number of hydrogen-bond acceptors (Lipinski definition) is 4. The Kier molecular flexibility index (Phi) is 6.84. The maximum absolute atomic E-state index is 12.6. The van der Waals surface area contributed by atoms with Gasteiger partial charge in [0.05, 0.1) is 10.1 Å². The Morgan fingerprint density at radius 3 is 1.87 bits per heavy atom. The molecule has 0 heterocycles. The first-order chi connectivity index (χ1) is 14.2. The van der Waals surface area contributed by atoms with Gasteiger partial charge in [0.25, 0.3) is 10.0 Å². The smallest absolute Gasteiger partial charge is 0.261 e. The second-order valence-corrected chi connectivity index (χ2v) is 10.2. The van der Waals surface area contributed by atoms with Crippen molar-refractivity contribution >= 4 is 39.1 Å². The van der Waals surface area contributed by atoms with E-state index < -0.39 is 10.0 Å². The number of rotatable bonds is 7. The van der Waals surface area contributed by atoms with Crippen LogP contribution >= 0.6 is 11.8 Å². The first-order valence-electron chi connectivity index (χ1n) is 9.47. The van der Waals surface area contributed by atoms with E-state index in [1.165, 1.54) is 29.5 Å². The van der Waals surface area contributed by atoms with Crippen LogP contribution < -0.4 is 10.0 Å². The molecule has 5 nitrogen and oxygen atoms in total. The Labute approximate surface area is 182 Å². The van der Waals surface area contributed by atoms with Crippen LogP contribution in [0.3, 0.4) is 0 Å². The van der Waals surface area contributed by atoms with Crippen molar-refractivity contribution in [2.24, 2.45) is 0 Å². The van der Waals surface area contributed by atoms with Gasteiger partial charge in [-0.2, -0.15) is 0 Å². The predicted molar refractivity (Wildman–Crippen MR) is 124 cm³/mol. The highest BCUT2D eigenvalue weighted by Crippen LogP contribution is 2.25. The summed E-state index contributed by atoms with van der Waals surface area (Å²) >= 11 is 1.47. The number of aryl methyl sites for hydroxylation is 2. The maximum atomic E-state index is 12.6. The van der Waals surface area contributed by atoms with Gasteiger partial charge in [0, 0.05) is 16.3 Å². The van der Waals surface area contributed by atoms with E-state index in [0.717, 1.165) is 10.5 Å². The topological polar surface area (TPSA) is 75.3 Å². The number of carbonyl (C=O) groups is 1. The van der Waals surface area contributed by atoms with E-state index in [1.54, 1.807) is 24.3 Å². The third kappa shape index (κ3) is 5.87. The average molecular weight is 441 g/mol. The van der Waals surface area contributed by atoms with Gasteiger partial charge >= 0.3 is 0 Å². The fourth-order valence-electron chi connectivity index (χ4n) is 2.67. The van der Waals surface area contributed by atoms with Crippen LogP contribution in [0, 0.1) is 13.8 Å². The van der Waals surface area contributed by atoms with Gasteiger partial charge in [-0.1, -0.05) is 35.4 Å². The summed E-state index contributed by atoms with van der Waals surface area (Å²) in [6.45, 7) is 5.79. The summed E-state index contributed by atoms with van der Waals surface area (Å²) in [5.74, 6) is -0.144. The summed E-state index contributed by atoms with van der Waals surface area (Å²) < 4.78 is 27.7. The van der Waals surface area contributed by atoms with Crippen LogP contribution in [0.5, 0.6) is 0 Å². The van der Waals surface area contributed by atoms with E-state index in [-0.39, 0.29) is 16.1 Å². The van der Waals surface area contributed by atoms with Crippen LogP contribution in [-0.2, 0) is 14.8 Å². The monoisotopic (exact) mass is 440 g/mol. The van der Waals surface area contributed by atoms with Gasteiger partial charge in [-0.15, -0.1) is 11.8 Å². The fraction of sp³-hybridized carbons (Fsp3) is 0.174. The van der Waals surface area contributed by atoms with Crippen molar-refractivity contribution in [3.63, 3.8) is 0 Å². The number of hydrogen-bond donors (Lipinski definition) is 2. The molecule has 0 spiro atoms. The van der Waals surface area contributed by atoms with Crippen molar-refractivity contribution in [2.75, 3.05) is 10.0 Å². The lowest BCUT2D eigenvalue weighted by atomic mass is 10.2. The van der Waals surface area contributed by atoms with Gasteiger partial charge in [-0.25, -0.2) is 8.42 Å². The first kappa shape index (κ1) is 21.9. The molecule has 0 saturated carbocycles. The predicted octanol–water partition coefficient (Wildman–Crippen LogP) is 5.22. The molecule has 0 aromatic heterocycles. The molecular weight excluding hydrogens is 416 g/mol. The van der Waals surface area contributed by atoms with Crippen LogP contribution in [0.1, 0.15) is 18.1 Å². The zero-order chi connectivity index (χ0) is 21.7. The molecule has 0 unspecified atom stereocenters. The molecule has 2 N–H and O–H groups in total. The van der Waals surface area contributed by atoms with E-state index in [1.807, 2.05) is 57.2 Å². The van der Waals surface area contributed by atoms with Crippen molar-refractivity contribution in [3.05, 3.63) is 83.9 Å². The molecule has 3 rings (SSSR count). The van der Waals surface area contributed by atoms with Crippen LogP contribution in [0.4, 0.5) is 11.4 Å². The summed E-state index contributed by atoms with van der Waals surface area (Å²) in [5.41, 5.74) is 3.27. The molecule has 0 aliphatic carbocycles. The lowest BCUT2D eigenvalue weighted by Gasteiger charge is -2.13. The van der Waals surface area contributed by atoms with Crippen LogP contribution in [0.2, 0.25) is 0 Å². The molecule has 3 aromatic carbocycles.